The van der Waals surface area contributed by atoms with Crippen molar-refractivity contribution in [3.05, 3.63) is 25.3 Å². The molecule has 0 rings (SSSR count). The number of alkyl halides is 1. The van der Waals surface area contributed by atoms with Crippen molar-refractivity contribution in [3.8, 4) is 0 Å². The van der Waals surface area contributed by atoms with E-state index in [4.69, 9.17) is 4.43 Å². The van der Waals surface area contributed by atoms with Crippen LogP contribution < -0.4 is 0 Å². The summed E-state index contributed by atoms with van der Waals surface area (Å²) in [5.41, 5.74) is 0. The Morgan fingerprint density at radius 3 is 2.50 bits per heavy atom. The molecule has 0 spiro atoms. The molecule has 0 bridgehead atoms. The molecule has 0 fully saturated rings. The average Bonchev–Trinajstić information content (AvgIpc) is 1.99. The van der Waals surface area contributed by atoms with Crippen molar-refractivity contribution in [2.75, 3.05) is 11.6 Å². The zero-order valence-electron chi connectivity index (χ0n) is 6.05. The second-order valence-electron chi connectivity index (χ2n) is 1.90. The fraction of sp³-hybridized carbons (Fsp3) is 0.429. The van der Waals surface area contributed by atoms with Gasteiger partial charge in [0.05, 0.1) is 0 Å². The van der Waals surface area contributed by atoms with Gasteiger partial charge >= 0.3 is 0 Å². The summed E-state index contributed by atoms with van der Waals surface area (Å²) in [6.07, 6.45) is 3.71. The Bertz CT molecular complexity index is 97.8. The van der Waals surface area contributed by atoms with Crippen molar-refractivity contribution in [2.24, 2.45) is 5.92 Å². The van der Waals surface area contributed by atoms with Gasteiger partial charge in [-0.05, 0) is 0 Å². The zero-order chi connectivity index (χ0) is 7.82. The SMILES string of the molecule is C=CC(C=C)CO[SiH2]CBr. The zero-order valence-corrected chi connectivity index (χ0v) is 9.05. The summed E-state index contributed by atoms with van der Waals surface area (Å²) in [4.78, 5) is 1.02. The molecule has 0 N–H and O–H groups in total. The molecule has 0 saturated carbocycles. The van der Waals surface area contributed by atoms with Crippen LogP contribution in [0.1, 0.15) is 0 Å². The Labute approximate surface area is 73.2 Å². The predicted octanol–water partition coefficient (Wildman–Crippen LogP) is 1.43. The van der Waals surface area contributed by atoms with E-state index >= 15 is 0 Å². The monoisotopic (exact) mass is 220 g/mol. The van der Waals surface area contributed by atoms with Gasteiger partial charge in [-0.3, -0.25) is 0 Å². The molecule has 0 radical (unpaired) electrons. The third-order valence-electron chi connectivity index (χ3n) is 1.14. The van der Waals surface area contributed by atoms with E-state index in [9.17, 15) is 0 Å². The molecule has 58 valence electrons. The molecule has 0 amide bonds. The van der Waals surface area contributed by atoms with Crippen molar-refractivity contribution in [1.29, 1.82) is 0 Å². The maximum absolute atomic E-state index is 5.38. The first-order valence-electron chi connectivity index (χ1n) is 3.24. The van der Waals surface area contributed by atoms with Gasteiger partial charge < -0.3 is 4.43 Å². The molecule has 0 unspecified atom stereocenters. The molecular formula is C7H13BrOSi. The van der Waals surface area contributed by atoms with Crippen LogP contribution in [0.25, 0.3) is 0 Å². The molecule has 0 aromatic rings. The largest absolute Gasteiger partial charge is 0.422 e. The summed E-state index contributed by atoms with van der Waals surface area (Å²) in [5, 5.41) is 0. The van der Waals surface area contributed by atoms with Crippen molar-refractivity contribution >= 4 is 25.7 Å². The fourth-order valence-electron chi connectivity index (χ4n) is 0.506. The Morgan fingerprint density at radius 2 is 2.10 bits per heavy atom. The molecule has 0 heterocycles. The quantitative estimate of drug-likeness (QED) is 0.285. The minimum absolute atomic E-state index is 0.319. The van der Waals surface area contributed by atoms with E-state index in [1.807, 2.05) is 12.2 Å². The van der Waals surface area contributed by atoms with Crippen LogP contribution in [0.4, 0.5) is 0 Å². The van der Waals surface area contributed by atoms with Crippen LogP contribution in [0.15, 0.2) is 25.3 Å². The highest BCUT2D eigenvalue weighted by atomic mass is 79.9. The van der Waals surface area contributed by atoms with E-state index in [0.717, 1.165) is 11.6 Å². The Kier molecular flexibility index (Phi) is 7.35. The van der Waals surface area contributed by atoms with Gasteiger partial charge in [0.2, 0.25) is 0 Å². The second kappa shape index (κ2) is 7.25. The molecule has 0 aliphatic carbocycles. The highest BCUT2D eigenvalue weighted by Crippen LogP contribution is 1.98. The van der Waals surface area contributed by atoms with Gasteiger partial charge in [-0.1, -0.05) is 28.1 Å². The second-order valence-corrected chi connectivity index (χ2v) is 5.47. The van der Waals surface area contributed by atoms with E-state index < -0.39 is 0 Å². The molecule has 0 aliphatic heterocycles. The van der Waals surface area contributed by atoms with Crippen LogP contribution in [-0.2, 0) is 4.43 Å². The topological polar surface area (TPSA) is 9.23 Å². The van der Waals surface area contributed by atoms with Crippen LogP contribution >= 0.6 is 15.9 Å². The summed E-state index contributed by atoms with van der Waals surface area (Å²) >= 11 is 3.33. The molecule has 10 heavy (non-hydrogen) atoms. The minimum Gasteiger partial charge on any atom is -0.422 e. The normalized spacial score (nSPS) is 11.0. The third-order valence-corrected chi connectivity index (χ3v) is 2.79. The van der Waals surface area contributed by atoms with Gasteiger partial charge in [0.15, 0.2) is 9.76 Å². The van der Waals surface area contributed by atoms with Gasteiger partial charge in [0.25, 0.3) is 0 Å². The van der Waals surface area contributed by atoms with Crippen LogP contribution in [0, 0.1) is 5.92 Å². The molecule has 1 nitrogen and oxygen atoms in total. The molecule has 0 saturated heterocycles. The number of hydrogen-bond donors (Lipinski definition) is 0. The van der Waals surface area contributed by atoms with Crippen molar-refractivity contribution in [2.45, 2.75) is 0 Å². The highest BCUT2D eigenvalue weighted by molar-refractivity contribution is 9.09. The lowest BCUT2D eigenvalue weighted by atomic mass is 10.2. The molecule has 0 aliphatic rings. The Hall–Kier alpha value is 0.137. The van der Waals surface area contributed by atoms with Gasteiger partial charge in [-0.25, -0.2) is 0 Å². The Morgan fingerprint density at radius 1 is 1.50 bits per heavy atom. The summed E-state index contributed by atoms with van der Waals surface area (Å²) in [6.45, 7) is 8.08. The minimum atomic E-state index is -0.319. The van der Waals surface area contributed by atoms with E-state index in [2.05, 4.69) is 29.1 Å². The summed E-state index contributed by atoms with van der Waals surface area (Å²) in [7, 11) is -0.319. The number of rotatable bonds is 6. The predicted molar refractivity (Wildman–Crippen MR) is 52.2 cm³/mol. The Balaban J connectivity index is 3.25. The first-order chi connectivity index (χ1) is 4.85. The molecule has 3 heteroatoms. The first-order valence-corrected chi connectivity index (χ1v) is 5.93. The lowest BCUT2D eigenvalue weighted by Gasteiger charge is -2.05. The first kappa shape index (κ1) is 10.1. The molecule has 0 aromatic heterocycles. The summed E-state index contributed by atoms with van der Waals surface area (Å²) < 4.78 is 5.38. The van der Waals surface area contributed by atoms with Gasteiger partial charge in [0, 0.05) is 17.5 Å². The summed E-state index contributed by atoms with van der Waals surface area (Å²) in [6, 6.07) is 0. The fourth-order valence-corrected chi connectivity index (χ4v) is 1.74. The van der Waals surface area contributed by atoms with Gasteiger partial charge in [-0.15, -0.1) is 13.2 Å². The molecule has 0 atom stereocenters. The van der Waals surface area contributed by atoms with Crippen molar-refractivity contribution in [1.82, 2.24) is 0 Å². The van der Waals surface area contributed by atoms with E-state index in [0.29, 0.717) is 5.92 Å². The third kappa shape index (κ3) is 4.96. The van der Waals surface area contributed by atoms with Crippen molar-refractivity contribution in [3.63, 3.8) is 0 Å². The van der Waals surface area contributed by atoms with Crippen LogP contribution in [0.3, 0.4) is 0 Å². The lowest BCUT2D eigenvalue weighted by molar-refractivity contribution is 0.316. The number of halogens is 1. The molecule has 0 aromatic carbocycles. The van der Waals surface area contributed by atoms with E-state index in [1.165, 1.54) is 0 Å². The highest BCUT2D eigenvalue weighted by Gasteiger charge is 1.96. The van der Waals surface area contributed by atoms with E-state index in [1.54, 1.807) is 0 Å². The van der Waals surface area contributed by atoms with Crippen LogP contribution in [-0.4, -0.2) is 21.3 Å². The average molecular weight is 221 g/mol. The number of hydrogen-bond acceptors (Lipinski definition) is 1. The van der Waals surface area contributed by atoms with Crippen molar-refractivity contribution < 1.29 is 4.43 Å². The van der Waals surface area contributed by atoms with Gasteiger partial charge in [-0.2, -0.15) is 0 Å². The van der Waals surface area contributed by atoms with Crippen LogP contribution in [0.2, 0.25) is 0 Å². The van der Waals surface area contributed by atoms with Crippen LogP contribution in [0.5, 0.6) is 0 Å². The van der Waals surface area contributed by atoms with Gasteiger partial charge in [0.1, 0.15) is 0 Å². The maximum Gasteiger partial charge on any atom is 0.171 e. The standard InChI is InChI=1S/C7H13BrOSi/c1-3-7(4-2)5-9-10-6-8/h3-4,7H,1-2,5-6,10H2. The summed E-state index contributed by atoms with van der Waals surface area (Å²) in [5.74, 6) is 0.326. The maximum atomic E-state index is 5.38. The van der Waals surface area contributed by atoms with E-state index in [-0.39, 0.29) is 9.76 Å². The smallest absolute Gasteiger partial charge is 0.171 e. The lowest BCUT2D eigenvalue weighted by Crippen LogP contribution is -2.08. The molecular weight excluding hydrogens is 208 g/mol.